The molecule has 3 saturated heterocycles. The summed E-state index contributed by atoms with van der Waals surface area (Å²) < 4.78 is 43.5. The van der Waals surface area contributed by atoms with Crippen LogP contribution in [-0.2, 0) is 14.8 Å². The van der Waals surface area contributed by atoms with E-state index in [4.69, 9.17) is 26.1 Å². The van der Waals surface area contributed by atoms with Crippen LogP contribution in [0.4, 0.5) is 5.69 Å². The molecule has 17 heteroatoms. The first kappa shape index (κ1) is 46.0. The number of fused-ring (bicyclic) bond motifs is 2. The Balaban J connectivity index is 0.875. The number of rotatable bonds is 13. The lowest BCUT2D eigenvalue weighted by Gasteiger charge is -2.39. The van der Waals surface area contributed by atoms with Gasteiger partial charge in [0.05, 0.1) is 34.9 Å². The maximum atomic E-state index is 14.3. The zero-order valence-electron chi connectivity index (χ0n) is 38.4. The van der Waals surface area contributed by atoms with Gasteiger partial charge < -0.3 is 19.5 Å². The third kappa shape index (κ3) is 9.74. The van der Waals surface area contributed by atoms with Crippen molar-refractivity contribution in [1.82, 2.24) is 34.3 Å². The molecule has 356 valence electrons. The number of piperazine rings is 1. The van der Waals surface area contributed by atoms with Gasteiger partial charge >= 0.3 is 5.97 Å². The van der Waals surface area contributed by atoms with Crippen LogP contribution in [0.15, 0.2) is 95.7 Å². The molecule has 6 heterocycles. The number of hydrogen-bond donors (Lipinski definition) is 3. The Kier molecular flexibility index (Phi) is 12.8. The van der Waals surface area contributed by atoms with Crippen molar-refractivity contribution in [3.05, 3.63) is 112 Å². The van der Waals surface area contributed by atoms with Gasteiger partial charge in [0.2, 0.25) is 0 Å². The van der Waals surface area contributed by atoms with Crippen molar-refractivity contribution in [1.29, 1.82) is 0 Å². The summed E-state index contributed by atoms with van der Waals surface area (Å²) in [6.07, 6.45) is 9.46. The number of halogens is 1. The van der Waals surface area contributed by atoms with Crippen molar-refractivity contribution >= 4 is 66.8 Å². The quantitative estimate of drug-likeness (QED) is 0.102. The molecule has 1 aliphatic carbocycles. The third-order valence-corrected chi connectivity index (χ3v) is 15.9. The number of nitrogens with zero attached hydrogens (tertiary/aromatic N) is 6. The van der Waals surface area contributed by atoms with Gasteiger partial charge in [0.1, 0.15) is 16.8 Å². The number of H-pyrrole nitrogens is 1. The van der Waals surface area contributed by atoms with Gasteiger partial charge in [0, 0.05) is 73.9 Å². The van der Waals surface area contributed by atoms with Crippen molar-refractivity contribution in [2.45, 2.75) is 63.3 Å². The number of aromatic carboxylic acids is 1. The number of amides is 1. The minimum Gasteiger partial charge on any atom is -0.492 e. The molecule has 0 spiro atoms. The highest BCUT2D eigenvalue weighted by atomic mass is 35.5. The fraction of sp³-hybridized carbons (Fsp3) is 0.412. The number of likely N-dealkylation sites (tertiary alicyclic amines) is 1. The molecule has 68 heavy (non-hydrogen) atoms. The van der Waals surface area contributed by atoms with E-state index in [1.165, 1.54) is 28.8 Å². The molecule has 0 bridgehead atoms. The molecule has 15 nitrogen and oxygen atoms in total. The number of benzene rings is 3. The van der Waals surface area contributed by atoms with E-state index in [2.05, 4.69) is 55.5 Å². The fourth-order valence-corrected chi connectivity index (χ4v) is 11.4. The van der Waals surface area contributed by atoms with E-state index in [0.29, 0.717) is 35.0 Å². The molecule has 3 aromatic heterocycles. The molecule has 1 amide bonds. The van der Waals surface area contributed by atoms with Crippen molar-refractivity contribution < 1.29 is 32.6 Å². The van der Waals surface area contributed by atoms with Crippen LogP contribution in [0.3, 0.4) is 0 Å². The minimum absolute atomic E-state index is 0.0728. The summed E-state index contributed by atoms with van der Waals surface area (Å²) in [6, 6.07) is 21.5. The van der Waals surface area contributed by atoms with Crippen molar-refractivity contribution in [3.8, 4) is 11.4 Å². The van der Waals surface area contributed by atoms with E-state index in [9.17, 15) is 23.1 Å². The minimum atomic E-state index is -4.56. The second-order valence-electron chi connectivity index (χ2n) is 19.5. The third-order valence-electron chi connectivity index (χ3n) is 14.3. The summed E-state index contributed by atoms with van der Waals surface area (Å²) >= 11 is 6.27. The monoisotopic (exact) mass is 960 g/mol. The molecule has 3 fully saturated rings. The lowest BCUT2D eigenvalue weighted by Crippen LogP contribution is -2.47. The molecule has 1 atom stereocenters. The maximum absolute atomic E-state index is 14.3. The van der Waals surface area contributed by atoms with Gasteiger partial charge in [0.25, 0.3) is 15.9 Å². The van der Waals surface area contributed by atoms with E-state index in [0.717, 1.165) is 120 Å². The normalized spacial score (nSPS) is 19.8. The number of carbonyl (C=O) groups excluding carboxylic acids is 1. The predicted molar refractivity (Wildman–Crippen MR) is 262 cm³/mol. The van der Waals surface area contributed by atoms with Crippen LogP contribution in [0.25, 0.3) is 33.3 Å². The summed E-state index contributed by atoms with van der Waals surface area (Å²) in [5, 5.41) is 15.0. The van der Waals surface area contributed by atoms with Crippen LogP contribution in [0.2, 0.25) is 5.02 Å². The highest BCUT2D eigenvalue weighted by Gasteiger charge is 2.32. The number of piperidine rings is 1. The Bertz CT molecular complexity index is 3000. The van der Waals surface area contributed by atoms with Crippen molar-refractivity contribution in [2.24, 2.45) is 11.3 Å². The van der Waals surface area contributed by atoms with E-state index in [-0.39, 0.29) is 33.1 Å². The number of carboxylic acids is 1. The van der Waals surface area contributed by atoms with Gasteiger partial charge in [0.15, 0.2) is 5.65 Å². The van der Waals surface area contributed by atoms with Crippen molar-refractivity contribution in [3.63, 3.8) is 0 Å². The van der Waals surface area contributed by atoms with Gasteiger partial charge in [-0.15, -0.1) is 0 Å². The lowest BCUT2D eigenvalue weighted by atomic mass is 9.72. The highest BCUT2D eigenvalue weighted by molar-refractivity contribution is 7.90. The summed E-state index contributed by atoms with van der Waals surface area (Å²) in [5.41, 5.74) is 7.27. The van der Waals surface area contributed by atoms with E-state index in [1.54, 1.807) is 23.1 Å². The van der Waals surface area contributed by atoms with Crippen LogP contribution < -0.4 is 14.4 Å². The van der Waals surface area contributed by atoms with Crippen LogP contribution in [0, 0.1) is 11.3 Å². The number of anilines is 1. The average Bonchev–Trinajstić information content (AvgIpc) is 4.13. The van der Waals surface area contributed by atoms with E-state index >= 15 is 0 Å². The Morgan fingerprint density at radius 3 is 2.50 bits per heavy atom. The van der Waals surface area contributed by atoms with Crippen LogP contribution in [-0.4, -0.2) is 127 Å². The van der Waals surface area contributed by atoms with E-state index in [1.807, 2.05) is 36.4 Å². The number of aromatic amines is 1. The zero-order valence-corrected chi connectivity index (χ0v) is 40.0. The molecule has 6 aromatic rings. The average molecular weight is 962 g/mol. The van der Waals surface area contributed by atoms with Gasteiger partial charge in [-0.05, 0) is 135 Å². The number of carbonyl (C=O) groups is 2. The number of allylic oxidation sites excluding steroid dienone is 1. The Hall–Kier alpha value is -5.78. The Labute approximate surface area is 401 Å². The highest BCUT2D eigenvalue weighted by Crippen LogP contribution is 2.43. The smallest absolute Gasteiger partial charge is 0.339 e. The largest absolute Gasteiger partial charge is 0.492 e. The molecule has 3 N–H and O–H groups in total. The first-order valence-corrected chi connectivity index (χ1v) is 25.4. The summed E-state index contributed by atoms with van der Waals surface area (Å²) in [6.45, 7) is 12.4. The second kappa shape index (κ2) is 19.0. The first-order valence-electron chi connectivity index (χ1n) is 23.6. The first-order chi connectivity index (χ1) is 32.8. The number of aromatic nitrogens is 4. The van der Waals surface area contributed by atoms with Gasteiger partial charge in [-0.2, -0.15) is 0 Å². The second-order valence-corrected chi connectivity index (χ2v) is 21.6. The molecule has 4 aliphatic rings. The van der Waals surface area contributed by atoms with Gasteiger partial charge in [-0.1, -0.05) is 43.2 Å². The van der Waals surface area contributed by atoms with Gasteiger partial charge in [-0.3, -0.25) is 24.4 Å². The number of nitrogens with one attached hydrogen (secondary N) is 2. The number of pyridine rings is 1. The molecular formula is C51H57ClN8O7S. The molecule has 0 saturated carbocycles. The number of sulfonamides is 1. The van der Waals surface area contributed by atoms with Crippen LogP contribution >= 0.6 is 11.6 Å². The standard InChI is InChI=1S/C51H57ClN8O7S/c1-51(2)16-11-36(43(28-51)34-3-5-37(52)6-4-34)30-57-20-22-59(23-21-57)38-7-9-41(45(26-38)60-46-25-35-12-17-53-48(35)55-44(46)29-54-60)49(61)56-68(64,65)40-8-10-47(42(27-40)50(62)63)67-31-33-13-18-58(19-14-33)39-15-24-66-32-39/h3-10,12,17,25-27,29,33,39,54H,11,13-16,18-24,28,30-32H2,1-2H3,(H,56,61)(H,62,63). The predicted octanol–water partition coefficient (Wildman–Crippen LogP) is 8.04. The fourth-order valence-electron chi connectivity index (χ4n) is 10.3. The Morgan fingerprint density at radius 1 is 0.956 bits per heavy atom. The SMILES string of the molecule is CC1(C)CCC(CN2CCN(c3ccc(C(=O)NS(=O)(=O)c4ccc(OCC5CCN(C6CCOC6)CC5)c(C(=O)O)c4)c(-n4[nH]cc5nc6nccc6cc54)c3)CC2)=C(c2ccc(Cl)cc2)C1. The molecular weight excluding hydrogens is 904 g/mol. The molecule has 3 aliphatic heterocycles. The summed E-state index contributed by atoms with van der Waals surface area (Å²) in [4.78, 5) is 42.7. The molecule has 3 aromatic carbocycles. The van der Waals surface area contributed by atoms with Gasteiger partial charge in [-0.25, -0.2) is 27.9 Å². The molecule has 0 radical (unpaired) electrons. The summed E-state index contributed by atoms with van der Waals surface area (Å²) in [7, 11) is -4.56. The number of ether oxygens (including phenoxy) is 2. The summed E-state index contributed by atoms with van der Waals surface area (Å²) in [5.74, 6) is -1.92. The molecule has 1 unspecified atom stereocenters. The lowest BCUT2D eigenvalue weighted by molar-refractivity contribution is 0.0686. The zero-order chi connectivity index (χ0) is 47.2. The maximum Gasteiger partial charge on any atom is 0.339 e. The molecule has 10 rings (SSSR count). The van der Waals surface area contributed by atoms with Crippen LogP contribution in [0.1, 0.15) is 78.7 Å². The van der Waals surface area contributed by atoms with Crippen LogP contribution in [0.5, 0.6) is 5.75 Å². The topological polar surface area (TPSA) is 175 Å². The number of hydrogen-bond acceptors (Lipinski definition) is 11. The van der Waals surface area contributed by atoms with E-state index < -0.39 is 21.9 Å². The number of carboxylic acid groups (broad SMARTS) is 1. The van der Waals surface area contributed by atoms with Crippen molar-refractivity contribution in [2.75, 3.05) is 70.5 Å². The Morgan fingerprint density at radius 2 is 1.75 bits per heavy atom.